The number of halogens is 1. The van der Waals surface area contributed by atoms with Gasteiger partial charge in [-0.15, -0.1) is 0 Å². The van der Waals surface area contributed by atoms with Crippen LogP contribution >= 0.6 is 0 Å². The number of H-pyrrole nitrogens is 1. The Morgan fingerprint density at radius 1 is 1.35 bits per heavy atom. The molecule has 122 valence electrons. The van der Waals surface area contributed by atoms with E-state index in [9.17, 15) is 18.8 Å². The number of carboxylic acids is 1. The van der Waals surface area contributed by atoms with Gasteiger partial charge in [0.15, 0.2) is 0 Å². The number of hydrogen-bond donors (Lipinski definition) is 3. The first-order chi connectivity index (χ1) is 10.9. The number of pyridine rings is 1. The molecule has 0 aliphatic heterocycles. The highest BCUT2D eigenvalue weighted by atomic mass is 19.1. The monoisotopic (exact) mass is 320 g/mol. The third kappa shape index (κ3) is 3.94. The van der Waals surface area contributed by atoms with Crippen LogP contribution in [0.4, 0.5) is 4.39 Å². The van der Waals surface area contributed by atoms with Gasteiger partial charge in [0.05, 0.1) is 5.56 Å². The molecule has 2 aromatic rings. The van der Waals surface area contributed by atoms with E-state index in [1.165, 1.54) is 12.1 Å². The maximum absolute atomic E-state index is 13.4. The van der Waals surface area contributed by atoms with Crippen LogP contribution in [0.25, 0.3) is 10.9 Å². The molecule has 0 unspecified atom stereocenters. The number of nitrogens with one attached hydrogen (secondary N) is 2. The molecule has 1 aromatic heterocycles. The van der Waals surface area contributed by atoms with Crippen molar-refractivity contribution in [1.82, 2.24) is 10.3 Å². The molecule has 0 radical (unpaired) electrons. The van der Waals surface area contributed by atoms with Crippen molar-refractivity contribution in [2.24, 2.45) is 0 Å². The molecule has 2 rings (SSSR count). The van der Waals surface area contributed by atoms with Gasteiger partial charge in [-0.1, -0.05) is 19.8 Å². The molecule has 1 amide bonds. The second-order valence-electron chi connectivity index (χ2n) is 5.24. The fourth-order valence-electron chi connectivity index (χ4n) is 2.32. The summed E-state index contributed by atoms with van der Waals surface area (Å²) in [5.74, 6) is -2.42. The predicted molar refractivity (Wildman–Crippen MR) is 82.9 cm³/mol. The van der Waals surface area contributed by atoms with E-state index in [0.29, 0.717) is 11.9 Å². The van der Waals surface area contributed by atoms with Crippen LogP contribution in [0.5, 0.6) is 0 Å². The summed E-state index contributed by atoms with van der Waals surface area (Å²) >= 11 is 0. The van der Waals surface area contributed by atoms with Crippen molar-refractivity contribution in [2.45, 2.75) is 32.2 Å². The zero-order valence-electron chi connectivity index (χ0n) is 12.6. The smallest absolute Gasteiger partial charge is 0.326 e. The van der Waals surface area contributed by atoms with Gasteiger partial charge in [0.2, 0.25) is 5.56 Å². The van der Waals surface area contributed by atoms with Crippen molar-refractivity contribution in [1.29, 1.82) is 0 Å². The van der Waals surface area contributed by atoms with E-state index < -0.39 is 29.3 Å². The molecule has 1 heterocycles. The summed E-state index contributed by atoms with van der Waals surface area (Å²) in [6.07, 6.45) is 1.72. The number of fused-ring (bicyclic) bond motifs is 1. The molecule has 1 aromatic carbocycles. The summed E-state index contributed by atoms with van der Waals surface area (Å²) in [5.41, 5.74) is -0.259. The lowest BCUT2D eigenvalue weighted by Crippen LogP contribution is -2.41. The molecule has 3 N–H and O–H groups in total. The minimum absolute atomic E-state index is 0.0500. The quantitative estimate of drug-likeness (QED) is 0.758. The second-order valence-corrected chi connectivity index (χ2v) is 5.24. The number of amides is 1. The van der Waals surface area contributed by atoms with Gasteiger partial charge in [-0.2, -0.15) is 0 Å². The van der Waals surface area contributed by atoms with Gasteiger partial charge < -0.3 is 15.4 Å². The lowest BCUT2D eigenvalue weighted by molar-refractivity contribution is -0.139. The number of hydrogen-bond acceptors (Lipinski definition) is 3. The molecule has 0 aliphatic rings. The first-order valence-electron chi connectivity index (χ1n) is 7.28. The highest BCUT2D eigenvalue weighted by molar-refractivity contribution is 6.06. The normalized spacial score (nSPS) is 12.1. The van der Waals surface area contributed by atoms with E-state index in [1.54, 1.807) is 0 Å². The molecule has 0 bridgehead atoms. The number of carbonyl (C=O) groups excluding carboxylic acids is 1. The van der Waals surface area contributed by atoms with Crippen LogP contribution in [0.15, 0.2) is 29.1 Å². The van der Waals surface area contributed by atoms with Gasteiger partial charge in [0.25, 0.3) is 5.91 Å². The summed E-state index contributed by atoms with van der Waals surface area (Å²) in [6.45, 7) is 1.91. The highest BCUT2D eigenvalue weighted by Crippen LogP contribution is 2.17. The lowest BCUT2D eigenvalue weighted by atomic mass is 10.1. The Hall–Kier alpha value is -2.70. The van der Waals surface area contributed by atoms with E-state index in [1.807, 2.05) is 6.92 Å². The summed E-state index contributed by atoms with van der Waals surface area (Å²) in [7, 11) is 0. The fraction of sp³-hybridized carbons (Fsp3) is 0.312. The number of carboxylic acid groups (broad SMARTS) is 1. The third-order valence-electron chi connectivity index (χ3n) is 3.50. The average molecular weight is 320 g/mol. The van der Waals surface area contributed by atoms with Crippen molar-refractivity contribution in [3.8, 4) is 0 Å². The highest BCUT2D eigenvalue weighted by Gasteiger charge is 2.21. The van der Waals surface area contributed by atoms with Gasteiger partial charge in [0, 0.05) is 17.0 Å². The standard InChI is InChI=1S/C16H17FN2O4/c1-2-3-4-13(16(22)23)19-15(21)11-8-14(20)18-12-6-5-9(17)7-10(11)12/h5-8,13H,2-4H2,1H3,(H,18,20)(H,19,21)(H,22,23)/t13-/m0/s1. The number of aromatic nitrogens is 1. The van der Waals surface area contributed by atoms with E-state index in [0.717, 1.165) is 18.6 Å². The zero-order valence-corrected chi connectivity index (χ0v) is 12.6. The number of unbranched alkanes of at least 4 members (excludes halogenated alkanes) is 1. The van der Waals surface area contributed by atoms with Crippen LogP contribution < -0.4 is 10.9 Å². The molecule has 6 nitrogen and oxygen atoms in total. The topological polar surface area (TPSA) is 99.3 Å². The summed E-state index contributed by atoms with van der Waals surface area (Å²) in [4.78, 5) is 37.7. The number of benzene rings is 1. The molecule has 1 atom stereocenters. The molecular weight excluding hydrogens is 303 g/mol. The van der Waals surface area contributed by atoms with Crippen LogP contribution in [-0.2, 0) is 4.79 Å². The number of aromatic amines is 1. The maximum atomic E-state index is 13.4. The summed E-state index contributed by atoms with van der Waals surface area (Å²) < 4.78 is 13.4. The van der Waals surface area contributed by atoms with Crippen molar-refractivity contribution in [2.75, 3.05) is 0 Å². The largest absolute Gasteiger partial charge is 0.480 e. The zero-order chi connectivity index (χ0) is 17.0. The minimum atomic E-state index is -1.15. The molecular formula is C16H17FN2O4. The van der Waals surface area contributed by atoms with E-state index in [2.05, 4.69) is 10.3 Å². The molecule has 0 aliphatic carbocycles. The van der Waals surface area contributed by atoms with Gasteiger partial charge in [-0.3, -0.25) is 9.59 Å². The summed E-state index contributed by atoms with van der Waals surface area (Å²) in [6, 6.07) is 3.64. The Bertz CT molecular complexity index is 800. The second kappa shape index (κ2) is 7.04. The number of aliphatic carboxylic acids is 1. The Kier molecular flexibility index (Phi) is 5.10. The van der Waals surface area contributed by atoms with Crippen LogP contribution in [0, 0.1) is 5.82 Å². The molecule has 0 saturated carbocycles. The molecule has 23 heavy (non-hydrogen) atoms. The molecule has 0 saturated heterocycles. The Morgan fingerprint density at radius 3 is 2.74 bits per heavy atom. The maximum Gasteiger partial charge on any atom is 0.326 e. The Balaban J connectivity index is 2.38. The minimum Gasteiger partial charge on any atom is -0.480 e. The van der Waals surface area contributed by atoms with Crippen LogP contribution in [0.3, 0.4) is 0 Å². The van der Waals surface area contributed by atoms with Gasteiger partial charge in [0.1, 0.15) is 11.9 Å². The van der Waals surface area contributed by atoms with Gasteiger partial charge in [-0.05, 0) is 24.6 Å². The van der Waals surface area contributed by atoms with Crippen LogP contribution in [0.2, 0.25) is 0 Å². The van der Waals surface area contributed by atoms with Crippen LogP contribution in [-0.4, -0.2) is 28.0 Å². The fourth-order valence-corrected chi connectivity index (χ4v) is 2.32. The lowest BCUT2D eigenvalue weighted by Gasteiger charge is -2.15. The van der Waals surface area contributed by atoms with Crippen LogP contribution in [0.1, 0.15) is 36.5 Å². The first kappa shape index (κ1) is 16.7. The molecule has 7 heteroatoms. The van der Waals surface area contributed by atoms with Gasteiger partial charge >= 0.3 is 5.97 Å². The average Bonchev–Trinajstić information content (AvgIpc) is 2.50. The van der Waals surface area contributed by atoms with E-state index in [-0.39, 0.29) is 17.4 Å². The predicted octanol–water partition coefficient (Wildman–Crippen LogP) is 2.04. The van der Waals surface area contributed by atoms with E-state index >= 15 is 0 Å². The van der Waals surface area contributed by atoms with Gasteiger partial charge in [-0.25, -0.2) is 9.18 Å². The Morgan fingerprint density at radius 2 is 2.09 bits per heavy atom. The van der Waals surface area contributed by atoms with Crippen molar-refractivity contribution < 1.29 is 19.1 Å². The first-order valence-corrected chi connectivity index (χ1v) is 7.28. The SMILES string of the molecule is CCCC[C@H](NC(=O)c1cc(=O)[nH]c2ccc(F)cc12)C(=O)O. The molecule has 0 fully saturated rings. The Labute approximate surface area is 131 Å². The van der Waals surface area contributed by atoms with Crippen molar-refractivity contribution in [3.63, 3.8) is 0 Å². The van der Waals surface area contributed by atoms with Crippen molar-refractivity contribution >= 4 is 22.8 Å². The molecule has 0 spiro atoms. The van der Waals surface area contributed by atoms with Crippen molar-refractivity contribution in [3.05, 3.63) is 46.0 Å². The number of carbonyl (C=O) groups is 2. The summed E-state index contributed by atoms with van der Waals surface area (Å²) in [5, 5.41) is 11.8. The number of rotatable bonds is 6. The third-order valence-corrected chi connectivity index (χ3v) is 3.50. The van der Waals surface area contributed by atoms with E-state index in [4.69, 9.17) is 5.11 Å².